The fraction of sp³-hybridized carbons (Fsp3) is 0.267. The molecule has 2 heterocycles. The van der Waals surface area contributed by atoms with Gasteiger partial charge >= 0.3 is 0 Å². The van der Waals surface area contributed by atoms with Crippen molar-refractivity contribution in [3.05, 3.63) is 47.6 Å². The fourth-order valence-corrected chi connectivity index (χ4v) is 4.41. The number of carbonyl (C=O) groups is 1. The minimum atomic E-state index is -3.58. The van der Waals surface area contributed by atoms with Crippen LogP contribution in [0.15, 0.2) is 46.0 Å². The Balaban J connectivity index is 1.65. The number of carbonyl (C=O) groups excluding carboxylic acids is 1. The van der Waals surface area contributed by atoms with Crippen LogP contribution in [0.2, 0.25) is 0 Å². The molecule has 0 saturated carbocycles. The van der Waals surface area contributed by atoms with Gasteiger partial charge in [0.15, 0.2) is 0 Å². The quantitative estimate of drug-likeness (QED) is 0.867. The van der Waals surface area contributed by atoms with E-state index < -0.39 is 16.1 Å². The lowest BCUT2D eigenvalue weighted by molar-refractivity contribution is -0.129. The van der Waals surface area contributed by atoms with Crippen molar-refractivity contribution in [2.24, 2.45) is 0 Å². The lowest BCUT2D eigenvalue weighted by Crippen LogP contribution is -2.50. The molecular weight excluding hydrogens is 355 g/mol. The zero-order chi connectivity index (χ0) is 17.2. The molecule has 9 heteroatoms. The highest BCUT2D eigenvalue weighted by Gasteiger charge is 2.28. The Labute approximate surface area is 142 Å². The van der Waals surface area contributed by atoms with Crippen LogP contribution in [0, 0.1) is 5.82 Å². The molecule has 0 bridgehead atoms. The normalized spacial score (nSPS) is 18.8. The molecule has 24 heavy (non-hydrogen) atoms. The molecule has 1 fully saturated rings. The average molecular weight is 370 g/mol. The van der Waals surface area contributed by atoms with Gasteiger partial charge in [-0.25, -0.2) is 17.5 Å². The number of nitrogens with one attached hydrogen (secondary N) is 1. The van der Waals surface area contributed by atoms with Crippen LogP contribution in [0.3, 0.4) is 0 Å². The summed E-state index contributed by atoms with van der Waals surface area (Å²) in [6.07, 6.45) is -0.484. The maximum absolute atomic E-state index is 13.0. The molecule has 6 nitrogen and oxygen atoms in total. The maximum atomic E-state index is 13.0. The second-order valence-electron chi connectivity index (χ2n) is 5.20. The van der Waals surface area contributed by atoms with E-state index in [9.17, 15) is 17.6 Å². The van der Waals surface area contributed by atoms with Gasteiger partial charge in [0.1, 0.15) is 16.6 Å². The first-order chi connectivity index (χ1) is 11.5. The molecule has 128 valence electrons. The van der Waals surface area contributed by atoms with Crippen LogP contribution in [-0.2, 0) is 19.6 Å². The predicted octanol–water partition coefficient (Wildman–Crippen LogP) is 1.60. The molecule has 1 aliphatic rings. The van der Waals surface area contributed by atoms with Crippen LogP contribution in [0.4, 0.5) is 10.1 Å². The van der Waals surface area contributed by atoms with Gasteiger partial charge in [-0.3, -0.25) is 4.79 Å². The van der Waals surface area contributed by atoms with E-state index in [0.717, 1.165) is 11.3 Å². The summed E-state index contributed by atoms with van der Waals surface area (Å²) in [5.74, 6) is -0.640. The molecule has 0 radical (unpaired) electrons. The van der Waals surface area contributed by atoms with E-state index in [1.54, 1.807) is 11.4 Å². The van der Waals surface area contributed by atoms with E-state index in [2.05, 4.69) is 4.72 Å². The first-order valence-corrected chi connectivity index (χ1v) is 9.53. The van der Waals surface area contributed by atoms with Crippen LogP contribution in [0.25, 0.3) is 0 Å². The highest BCUT2D eigenvalue weighted by Crippen LogP contribution is 2.20. The molecule has 1 amide bonds. The summed E-state index contributed by atoms with van der Waals surface area (Å²) in [6.45, 7) is 0.0887. The van der Waals surface area contributed by atoms with Crippen molar-refractivity contribution < 1.29 is 22.3 Å². The highest BCUT2D eigenvalue weighted by molar-refractivity contribution is 7.91. The Morgan fingerprint density at radius 3 is 2.71 bits per heavy atom. The van der Waals surface area contributed by atoms with E-state index in [0.29, 0.717) is 5.69 Å². The molecule has 1 atom stereocenters. The van der Waals surface area contributed by atoms with Crippen LogP contribution < -0.4 is 9.62 Å². The standard InChI is InChI=1S/C15H15FN2O4S2/c16-11-3-5-12(6-4-11)18-9-13(22-10-14(18)19)8-17-24(20,21)15-2-1-7-23-15/h1-7,13,17H,8-10H2. The number of amides is 1. The maximum Gasteiger partial charge on any atom is 0.253 e. The van der Waals surface area contributed by atoms with Gasteiger partial charge in [0, 0.05) is 12.2 Å². The summed E-state index contributed by atoms with van der Waals surface area (Å²) < 4.78 is 45.3. The van der Waals surface area contributed by atoms with Crippen LogP contribution in [0.1, 0.15) is 0 Å². The molecule has 1 saturated heterocycles. The number of nitrogens with zero attached hydrogens (tertiary/aromatic N) is 1. The van der Waals surface area contributed by atoms with Gasteiger partial charge in [-0.15, -0.1) is 11.3 Å². The zero-order valence-corrected chi connectivity index (χ0v) is 14.1. The Morgan fingerprint density at radius 1 is 1.29 bits per heavy atom. The van der Waals surface area contributed by atoms with E-state index in [1.807, 2.05) is 0 Å². The van der Waals surface area contributed by atoms with Crippen molar-refractivity contribution in [1.29, 1.82) is 0 Å². The van der Waals surface area contributed by atoms with Gasteiger partial charge in [-0.2, -0.15) is 0 Å². The van der Waals surface area contributed by atoms with Crippen LogP contribution >= 0.6 is 11.3 Å². The smallest absolute Gasteiger partial charge is 0.253 e. The van der Waals surface area contributed by atoms with Crippen molar-refractivity contribution >= 4 is 33.0 Å². The summed E-state index contributed by atoms with van der Waals surface area (Å²) >= 11 is 1.12. The van der Waals surface area contributed by atoms with Crippen molar-refractivity contribution in [2.75, 3.05) is 24.6 Å². The van der Waals surface area contributed by atoms with E-state index in [4.69, 9.17) is 4.74 Å². The summed E-state index contributed by atoms with van der Waals surface area (Å²) in [5, 5.41) is 1.68. The Hall–Kier alpha value is -1.81. The predicted molar refractivity (Wildman–Crippen MR) is 88.0 cm³/mol. The van der Waals surface area contributed by atoms with Gasteiger partial charge in [-0.05, 0) is 35.7 Å². The third kappa shape index (κ3) is 3.81. The molecule has 2 aromatic rings. The second kappa shape index (κ2) is 6.98. The Morgan fingerprint density at radius 2 is 2.04 bits per heavy atom. The van der Waals surface area contributed by atoms with Crippen molar-refractivity contribution in [1.82, 2.24) is 4.72 Å². The van der Waals surface area contributed by atoms with Crippen LogP contribution in [0.5, 0.6) is 0 Å². The molecule has 1 unspecified atom stereocenters. The molecule has 1 aromatic heterocycles. The third-order valence-corrected chi connectivity index (χ3v) is 6.35. The van der Waals surface area contributed by atoms with Crippen LogP contribution in [-0.4, -0.2) is 40.1 Å². The molecule has 3 rings (SSSR count). The topological polar surface area (TPSA) is 75.7 Å². The summed E-state index contributed by atoms with van der Waals surface area (Å²) in [7, 11) is -3.58. The number of hydrogen-bond donors (Lipinski definition) is 1. The number of halogens is 1. The zero-order valence-electron chi connectivity index (χ0n) is 12.5. The minimum absolute atomic E-state index is 0.0468. The lowest BCUT2D eigenvalue weighted by Gasteiger charge is -2.32. The van der Waals surface area contributed by atoms with Gasteiger partial charge < -0.3 is 9.64 Å². The molecule has 1 N–H and O–H groups in total. The third-order valence-electron chi connectivity index (χ3n) is 3.53. The van der Waals surface area contributed by atoms with Gasteiger partial charge in [0.2, 0.25) is 10.0 Å². The lowest BCUT2D eigenvalue weighted by atomic mass is 10.2. The largest absolute Gasteiger partial charge is 0.365 e. The molecule has 1 aliphatic heterocycles. The van der Waals surface area contributed by atoms with E-state index in [1.165, 1.54) is 35.2 Å². The minimum Gasteiger partial charge on any atom is -0.365 e. The number of sulfonamides is 1. The fourth-order valence-electron chi connectivity index (χ4n) is 2.31. The first kappa shape index (κ1) is 17.0. The summed E-state index contributed by atoms with van der Waals surface area (Å²) in [4.78, 5) is 13.4. The number of rotatable bonds is 5. The number of thiophene rings is 1. The number of ether oxygens (including phenoxy) is 1. The Kier molecular flexibility index (Phi) is 4.95. The summed E-state index contributed by atoms with van der Waals surface area (Å²) in [5.41, 5.74) is 0.552. The SMILES string of the molecule is O=C1COC(CNS(=O)(=O)c2cccs2)CN1c1ccc(F)cc1. The molecule has 1 aromatic carbocycles. The number of benzene rings is 1. The first-order valence-electron chi connectivity index (χ1n) is 7.16. The second-order valence-corrected chi connectivity index (χ2v) is 8.14. The highest BCUT2D eigenvalue weighted by atomic mass is 32.2. The summed E-state index contributed by atoms with van der Waals surface area (Å²) in [6, 6.07) is 8.73. The van der Waals surface area contributed by atoms with Gasteiger partial charge in [0.05, 0.1) is 12.6 Å². The number of anilines is 1. The Bertz CT molecular complexity index is 807. The van der Waals surface area contributed by atoms with E-state index in [-0.39, 0.29) is 35.6 Å². The average Bonchev–Trinajstić information content (AvgIpc) is 3.10. The molecular formula is C15H15FN2O4S2. The van der Waals surface area contributed by atoms with Crippen molar-refractivity contribution in [2.45, 2.75) is 10.3 Å². The van der Waals surface area contributed by atoms with Crippen molar-refractivity contribution in [3.8, 4) is 0 Å². The molecule has 0 spiro atoms. The van der Waals surface area contributed by atoms with Gasteiger partial charge in [0.25, 0.3) is 5.91 Å². The van der Waals surface area contributed by atoms with Crippen molar-refractivity contribution in [3.63, 3.8) is 0 Å². The monoisotopic (exact) mass is 370 g/mol. The van der Waals surface area contributed by atoms with Gasteiger partial charge in [-0.1, -0.05) is 6.07 Å². The number of morpholine rings is 1. The number of hydrogen-bond acceptors (Lipinski definition) is 5. The molecule has 0 aliphatic carbocycles. The van der Waals surface area contributed by atoms with E-state index >= 15 is 0 Å².